The molecule has 19 heavy (non-hydrogen) atoms. The molecule has 0 saturated heterocycles. The van der Waals surface area contributed by atoms with Crippen LogP contribution in [0.2, 0.25) is 0 Å². The molecule has 0 saturated carbocycles. The van der Waals surface area contributed by atoms with Gasteiger partial charge in [0, 0.05) is 6.61 Å². The molecule has 0 radical (unpaired) electrons. The Kier molecular flexibility index (Phi) is 12.2. The van der Waals surface area contributed by atoms with Crippen molar-refractivity contribution in [3.8, 4) is 0 Å². The first-order valence-electron chi connectivity index (χ1n) is 7.07. The Morgan fingerprint density at radius 3 is 2.11 bits per heavy atom. The van der Waals surface area contributed by atoms with Gasteiger partial charge in [-0.2, -0.15) is 0 Å². The molecule has 108 valence electrons. The molecule has 2 N–H and O–H groups in total. The average Bonchev–Trinajstić information content (AvgIpc) is 2.40. The first-order valence-corrected chi connectivity index (χ1v) is 7.07. The zero-order chi connectivity index (χ0) is 14.3. The monoisotopic (exact) mass is 266 g/mol. The van der Waals surface area contributed by atoms with Crippen LogP contribution in [0.25, 0.3) is 0 Å². The number of carboxylic acids is 1. The van der Waals surface area contributed by atoms with E-state index in [4.69, 9.17) is 10.2 Å². The van der Waals surface area contributed by atoms with Crippen LogP contribution in [0.1, 0.15) is 51.0 Å². The normalized spacial score (nSPS) is 9.58. The maximum atomic E-state index is 10.2. The minimum Gasteiger partial charge on any atom is -0.481 e. The van der Waals surface area contributed by atoms with Gasteiger partial charge in [-0.15, -0.1) is 0 Å². The van der Waals surface area contributed by atoms with Crippen molar-refractivity contribution < 1.29 is 15.0 Å². The van der Waals surface area contributed by atoms with Crippen LogP contribution in [0.3, 0.4) is 0 Å². The molecule has 0 aromatic heterocycles. The SMILES string of the molecule is CCCCCCCCO.O=C(O)Cc1ccccc1. The molecule has 3 heteroatoms. The van der Waals surface area contributed by atoms with Crippen molar-refractivity contribution in [2.75, 3.05) is 6.61 Å². The van der Waals surface area contributed by atoms with Crippen molar-refractivity contribution in [1.82, 2.24) is 0 Å². The number of aliphatic hydroxyl groups is 1. The molecule has 0 aliphatic carbocycles. The van der Waals surface area contributed by atoms with Crippen molar-refractivity contribution in [3.63, 3.8) is 0 Å². The summed E-state index contributed by atoms with van der Waals surface area (Å²) >= 11 is 0. The van der Waals surface area contributed by atoms with Crippen molar-refractivity contribution in [1.29, 1.82) is 0 Å². The number of rotatable bonds is 8. The first kappa shape index (κ1) is 17.6. The predicted molar refractivity (Wildman–Crippen MR) is 78.2 cm³/mol. The van der Waals surface area contributed by atoms with Crippen LogP contribution in [0.5, 0.6) is 0 Å². The van der Waals surface area contributed by atoms with E-state index in [1.807, 2.05) is 18.2 Å². The lowest BCUT2D eigenvalue weighted by atomic mass is 10.1. The summed E-state index contributed by atoms with van der Waals surface area (Å²) in [6, 6.07) is 9.13. The van der Waals surface area contributed by atoms with E-state index in [0.717, 1.165) is 12.0 Å². The van der Waals surface area contributed by atoms with E-state index >= 15 is 0 Å². The van der Waals surface area contributed by atoms with Crippen LogP contribution in [0.15, 0.2) is 30.3 Å². The van der Waals surface area contributed by atoms with Crippen LogP contribution < -0.4 is 0 Å². The highest BCUT2D eigenvalue weighted by Crippen LogP contribution is 2.03. The van der Waals surface area contributed by atoms with Crippen molar-refractivity contribution in [3.05, 3.63) is 35.9 Å². The number of aliphatic carboxylic acids is 1. The fraction of sp³-hybridized carbons (Fsp3) is 0.562. The molecule has 3 nitrogen and oxygen atoms in total. The first-order chi connectivity index (χ1) is 9.20. The Labute approximate surface area is 116 Å². The van der Waals surface area contributed by atoms with Gasteiger partial charge in [-0.25, -0.2) is 0 Å². The molecule has 0 unspecified atom stereocenters. The number of hydrogen-bond acceptors (Lipinski definition) is 2. The summed E-state index contributed by atoms with van der Waals surface area (Å²) in [7, 11) is 0. The smallest absolute Gasteiger partial charge is 0.307 e. The van der Waals surface area contributed by atoms with Crippen molar-refractivity contribution >= 4 is 5.97 Å². The minimum atomic E-state index is -0.786. The van der Waals surface area contributed by atoms with Crippen LogP contribution in [0, 0.1) is 0 Å². The summed E-state index contributed by atoms with van der Waals surface area (Å²) in [6.07, 6.45) is 7.61. The number of aliphatic hydroxyl groups excluding tert-OH is 1. The standard InChI is InChI=1S/C8H8O2.C8H18O/c9-8(10)6-7-4-2-1-3-5-7;1-2-3-4-5-6-7-8-9/h1-5H,6H2,(H,9,10);9H,2-8H2,1H3. The summed E-state index contributed by atoms with van der Waals surface area (Å²) in [5.74, 6) is -0.786. The second-order valence-electron chi connectivity index (χ2n) is 4.55. The summed E-state index contributed by atoms with van der Waals surface area (Å²) in [4.78, 5) is 10.2. The number of unbranched alkanes of at least 4 members (excludes halogenated alkanes) is 5. The zero-order valence-corrected chi connectivity index (χ0v) is 11.8. The van der Waals surface area contributed by atoms with Gasteiger partial charge in [0.1, 0.15) is 0 Å². The molecule has 0 atom stereocenters. The highest BCUT2D eigenvalue weighted by molar-refractivity contribution is 5.70. The van der Waals surface area contributed by atoms with E-state index in [1.54, 1.807) is 12.1 Å². The molecule has 1 aromatic carbocycles. The number of hydrogen-bond donors (Lipinski definition) is 2. The van der Waals surface area contributed by atoms with Crippen LogP contribution in [-0.4, -0.2) is 22.8 Å². The van der Waals surface area contributed by atoms with Gasteiger partial charge in [0.2, 0.25) is 0 Å². The fourth-order valence-corrected chi connectivity index (χ4v) is 1.66. The molecule has 0 bridgehead atoms. The third-order valence-corrected chi connectivity index (χ3v) is 2.71. The third kappa shape index (κ3) is 12.9. The summed E-state index contributed by atoms with van der Waals surface area (Å²) < 4.78 is 0. The van der Waals surface area contributed by atoms with Crippen LogP contribution >= 0.6 is 0 Å². The second kappa shape index (κ2) is 13.1. The van der Waals surface area contributed by atoms with Gasteiger partial charge in [0.15, 0.2) is 0 Å². The highest BCUT2D eigenvalue weighted by atomic mass is 16.4. The molecule has 0 aliphatic rings. The van der Waals surface area contributed by atoms with Gasteiger partial charge >= 0.3 is 5.97 Å². The molecular formula is C16H26O3. The lowest BCUT2D eigenvalue weighted by Crippen LogP contribution is -1.98. The van der Waals surface area contributed by atoms with E-state index in [-0.39, 0.29) is 6.42 Å². The molecule has 0 spiro atoms. The third-order valence-electron chi connectivity index (χ3n) is 2.71. The molecular weight excluding hydrogens is 240 g/mol. The Balaban J connectivity index is 0.000000344. The highest BCUT2D eigenvalue weighted by Gasteiger charge is 1.96. The number of carboxylic acid groups (broad SMARTS) is 1. The molecule has 1 rings (SSSR count). The van der Waals surface area contributed by atoms with E-state index in [1.165, 1.54) is 32.1 Å². The topological polar surface area (TPSA) is 57.5 Å². The lowest BCUT2D eigenvalue weighted by Gasteiger charge is -1.95. The van der Waals surface area contributed by atoms with E-state index in [9.17, 15) is 4.79 Å². The van der Waals surface area contributed by atoms with Crippen LogP contribution in [0.4, 0.5) is 0 Å². The zero-order valence-electron chi connectivity index (χ0n) is 11.8. The Morgan fingerprint density at radius 2 is 1.58 bits per heavy atom. The summed E-state index contributed by atoms with van der Waals surface area (Å²) in [6.45, 7) is 2.58. The van der Waals surface area contributed by atoms with Gasteiger partial charge in [-0.05, 0) is 12.0 Å². The van der Waals surface area contributed by atoms with Gasteiger partial charge in [0.25, 0.3) is 0 Å². The molecule has 0 amide bonds. The molecule has 0 fully saturated rings. The Morgan fingerprint density at radius 1 is 1.00 bits per heavy atom. The Bertz CT molecular complexity index is 303. The summed E-state index contributed by atoms with van der Waals surface area (Å²) in [5.41, 5.74) is 0.843. The number of carbonyl (C=O) groups is 1. The fourth-order valence-electron chi connectivity index (χ4n) is 1.66. The summed E-state index contributed by atoms with van der Waals surface area (Å²) in [5, 5.41) is 16.8. The minimum absolute atomic E-state index is 0.112. The maximum absolute atomic E-state index is 10.2. The van der Waals surface area contributed by atoms with Gasteiger partial charge < -0.3 is 10.2 Å². The van der Waals surface area contributed by atoms with E-state index in [0.29, 0.717) is 6.61 Å². The quantitative estimate of drug-likeness (QED) is 0.706. The molecule has 1 aromatic rings. The maximum Gasteiger partial charge on any atom is 0.307 e. The Hall–Kier alpha value is -1.35. The molecule has 0 aliphatic heterocycles. The van der Waals surface area contributed by atoms with Gasteiger partial charge in [0.05, 0.1) is 6.42 Å². The van der Waals surface area contributed by atoms with Crippen molar-refractivity contribution in [2.24, 2.45) is 0 Å². The van der Waals surface area contributed by atoms with Crippen LogP contribution in [-0.2, 0) is 11.2 Å². The van der Waals surface area contributed by atoms with E-state index < -0.39 is 5.97 Å². The van der Waals surface area contributed by atoms with E-state index in [2.05, 4.69) is 6.92 Å². The number of benzene rings is 1. The second-order valence-corrected chi connectivity index (χ2v) is 4.55. The molecule has 0 heterocycles. The van der Waals surface area contributed by atoms with Gasteiger partial charge in [-0.3, -0.25) is 4.79 Å². The predicted octanol–water partition coefficient (Wildman–Crippen LogP) is 3.65. The lowest BCUT2D eigenvalue weighted by molar-refractivity contribution is -0.136. The van der Waals surface area contributed by atoms with Crippen molar-refractivity contribution in [2.45, 2.75) is 51.9 Å². The van der Waals surface area contributed by atoms with Gasteiger partial charge in [-0.1, -0.05) is 69.4 Å². The largest absolute Gasteiger partial charge is 0.481 e. The average molecular weight is 266 g/mol.